The second-order valence-electron chi connectivity index (χ2n) is 4.46. The van der Waals surface area contributed by atoms with Gasteiger partial charge in [0.05, 0.1) is 0 Å². The molecule has 3 heteroatoms. The maximum absolute atomic E-state index is 5.88. The summed E-state index contributed by atoms with van der Waals surface area (Å²) in [5.41, 5.74) is 5.88. The van der Waals surface area contributed by atoms with Gasteiger partial charge in [-0.15, -0.1) is 11.8 Å². The first-order valence-corrected chi connectivity index (χ1v) is 6.89. The molecule has 0 atom stereocenters. The number of nitrogens with two attached hydrogens (primary N) is 1. The number of hydrogen-bond donors (Lipinski definition) is 1. The van der Waals surface area contributed by atoms with Gasteiger partial charge >= 0.3 is 0 Å². The lowest BCUT2D eigenvalue weighted by Crippen LogP contribution is -2.45. The summed E-state index contributed by atoms with van der Waals surface area (Å²) >= 11 is 5.44. The molecule has 1 saturated carbocycles. The molecule has 0 amide bonds. The van der Waals surface area contributed by atoms with Crippen LogP contribution in [0.3, 0.4) is 0 Å². The zero-order valence-electron chi connectivity index (χ0n) is 8.87. The van der Waals surface area contributed by atoms with E-state index in [0.29, 0.717) is 4.75 Å². The number of rotatable bonds is 3. The van der Waals surface area contributed by atoms with Crippen molar-refractivity contribution < 1.29 is 0 Å². The number of thioether (sulfide) groups is 1. The van der Waals surface area contributed by atoms with Gasteiger partial charge in [-0.05, 0) is 37.0 Å². The van der Waals surface area contributed by atoms with E-state index in [0.717, 1.165) is 16.9 Å². The molecule has 0 heterocycles. The third-order valence-corrected chi connectivity index (χ3v) is 4.86. The highest BCUT2D eigenvalue weighted by Crippen LogP contribution is 2.50. The van der Waals surface area contributed by atoms with Crippen LogP contribution in [0.5, 0.6) is 0 Å². The van der Waals surface area contributed by atoms with Crippen molar-refractivity contribution in [2.24, 2.45) is 11.7 Å². The van der Waals surface area contributed by atoms with Crippen molar-refractivity contribution in [1.82, 2.24) is 0 Å². The Morgan fingerprint density at radius 3 is 2.80 bits per heavy atom. The van der Waals surface area contributed by atoms with Gasteiger partial charge in [0.1, 0.15) is 0 Å². The Balaban J connectivity index is 2.07. The lowest BCUT2D eigenvalue weighted by Gasteiger charge is -2.45. The van der Waals surface area contributed by atoms with Crippen molar-refractivity contribution in [3.05, 3.63) is 28.7 Å². The van der Waals surface area contributed by atoms with Crippen LogP contribution in [0.1, 0.15) is 19.8 Å². The fourth-order valence-electron chi connectivity index (χ4n) is 2.28. The van der Waals surface area contributed by atoms with E-state index in [1.54, 1.807) is 0 Å². The van der Waals surface area contributed by atoms with E-state index in [-0.39, 0.29) is 0 Å². The summed E-state index contributed by atoms with van der Waals surface area (Å²) in [6.07, 6.45) is 2.50. The monoisotopic (exact) mass is 285 g/mol. The van der Waals surface area contributed by atoms with E-state index in [2.05, 4.69) is 47.1 Å². The van der Waals surface area contributed by atoms with E-state index in [4.69, 9.17) is 5.73 Å². The summed E-state index contributed by atoms with van der Waals surface area (Å²) in [6.45, 7) is 3.09. The first kappa shape index (κ1) is 11.5. The van der Waals surface area contributed by atoms with E-state index < -0.39 is 0 Å². The predicted octanol–water partition coefficient (Wildman–Crippen LogP) is 3.67. The van der Waals surface area contributed by atoms with E-state index >= 15 is 0 Å². The highest BCUT2D eigenvalue weighted by atomic mass is 79.9. The van der Waals surface area contributed by atoms with Gasteiger partial charge in [-0.2, -0.15) is 0 Å². The smallest absolute Gasteiger partial charge is 0.0334 e. The zero-order chi connectivity index (χ0) is 10.9. The van der Waals surface area contributed by atoms with Crippen LogP contribution >= 0.6 is 27.7 Å². The van der Waals surface area contributed by atoms with Gasteiger partial charge in [-0.3, -0.25) is 0 Å². The largest absolute Gasteiger partial charge is 0.329 e. The van der Waals surface area contributed by atoms with Crippen molar-refractivity contribution in [2.45, 2.75) is 29.4 Å². The molecule has 2 N–H and O–H groups in total. The lowest BCUT2D eigenvalue weighted by atomic mass is 9.75. The van der Waals surface area contributed by atoms with E-state index in [1.165, 1.54) is 17.7 Å². The summed E-state index contributed by atoms with van der Waals surface area (Å²) in [4.78, 5) is 1.32. The second kappa shape index (κ2) is 4.48. The first-order chi connectivity index (χ1) is 7.13. The molecule has 2 rings (SSSR count). The van der Waals surface area contributed by atoms with Crippen LogP contribution in [0.2, 0.25) is 0 Å². The van der Waals surface area contributed by atoms with Gasteiger partial charge in [0.2, 0.25) is 0 Å². The van der Waals surface area contributed by atoms with Crippen molar-refractivity contribution in [3.63, 3.8) is 0 Å². The maximum atomic E-state index is 5.88. The van der Waals surface area contributed by atoms with Gasteiger partial charge in [-0.25, -0.2) is 0 Å². The molecule has 1 aromatic carbocycles. The fourth-order valence-corrected chi connectivity index (χ4v) is 4.48. The van der Waals surface area contributed by atoms with Gasteiger partial charge in [0.25, 0.3) is 0 Å². The second-order valence-corrected chi connectivity index (χ2v) is 6.92. The molecule has 0 aromatic heterocycles. The van der Waals surface area contributed by atoms with Crippen molar-refractivity contribution >= 4 is 27.7 Å². The Hall–Kier alpha value is 0.01000. The number of hydrogen-bond acceptors (Lipinski definition) is 2. The van der Waals surface area contributed by atoms with Crippen LogP contribution in [0.25, 0.3) is 0 Å². The normalized spacial score (nSPS) is 29.9. The molecule has 0 spiro atoms. The van der Waals surface area contributed by atoms with Crippen LogP contribution in [-0.2, 0) is 0 Å². The minimum Gasteiger partial charge on any atom is -0.329 e. The third-order valence-electron chi connectivity index (χ3n) is 2.94. The summed E-state index contributed by atoms with van der Waals surface area (Å²) in [6, 6.07) is 8.47. The van der Waals surface area contributed by atoms with E-state index in [9.17, 15) is 0 Å². The highest BCUT2D eigenvalue weighted by Gasteiger charge is 2.41. The molecular formula is C12H16BrNS. The molecule has 1 nitrogen and oxygen atoms in total. The number of benzene rings is 1. The Morgan fingerprint density at radius 1 is 1.53 bits per heavy atom. The lowest BCUT2D eigenvalue weighted by molar-refractivity contribution is 0.257. The highest BCUT2D eigenvalue weighted by molar-refractivity contribution is 9.10. The Bertz CT molecular complexity index is 347. The van der Waals surface area contributed by atoms with Crippen molar-refractivity contribution in [2.75, 3.05) is 6.54 Å². The molecule has 0 bridgehead atoms. The summed E-state index contributed by atoms with van der Waals surface area (Å²) < 4.78 is 1.45. The van der Waals surface area contributed by atoms with Gasteiger partial charge in [0, 0.05) is 20.7 Å². The molecule has 1 fully saturated rings. The van der Waals surface area contributed by atoms with Crippen LogP contribution in [0.15, 0.2) is 33.6 Å². The third kappa shape index (κ3) is 2.58. The molecule has 1 aliphatic carbocycles. The molecule has 1 aromatic rings. The van der Waals surface area contributed by atoms with Crippen LogP contribution in [0, 0.1) is 5.92 Å². The minimum atomic E-state index is 0.306. The van der Waals surface area contributed by atoms with Crippen LogP contribution in [-0.4, -0.2) is 11.3 Å². The predicted molar refractivity (Wildman–Crippen MR) is 70.2 cm³/mol. The standard InChI is InChI=1S/C12H16BrNS/c1-9-6-12(7-9,8-14)15-11-4-2-3-10(13)5-11/h2-5,9H,6-8,14H2,1H3. The summed E-state index contributed by atoms with van der Waals surface area (Å²) in [7, 11) is 0. The molecule has 82 valence electrons. The summed E-state index contributed by atoms with van der Waals surface area (Å²) in [5.74, 6) is 0.841. The summed E-state index contributed by atoms with van der Waals surface area (Å²) in [5, 5.41) is 0. The molecule has 0 radical (unpaired) electrons. The van der Waals surface area contributed by atoms with Crippen LogP contribution < -0.4 is 5.73 Å². The molecule has 15 heavy (non-hydrogen) atoms. The maximum Gasteiger partial charge on any atom is 0.0334 e. The van der Waals surface area contributed by atoms with Gasteiger partial charge in [0.15, 0.2) is 0 Å². The van der Waals surface area contributed by atoms with Crippen molar-refractivity contribution in [3.8, 4) is 0 Å². The molecule has 0 unspecified atom stereocenters. The Labute approximate surface area is 104 Å². The average molecular weight is 286 g/mol. The average Bonchev–Trinajstić information content (AvgIpc) is 2.15. The Morgan fingerprint density at radius 2 is 2.27 bits per heavy atom. The fraction of sp³-hybridized carbons (Fsp3) is 0.500. The van der Waals surface area contributed by atoms with Gasteiger partial charge in [-0.1, -0.05) is 28.9 Å². The molecule has 1 aliphatic rings. The van der Waals surface area contributed by atoms with E-state index in [1.807, 2.05) is 11.8 Å². The molecule has 0 aliphatic heterocycles. The molecule has 0 saturated heterocycles. The van der Waals surface area contributed by atoms with Gasteiger partial charge < -0.3 is 5.73 Å². The SMILES string of the molecule is CC1CC(CN)(Sc2cccc(Br)c2)C1. The topological polar surface area (TPSA) is 26.0 Å². The van der Waals surface area contributed by atoms with Crippen molar-refractivity contribution in [1.29, 1.82) is 0 Å². The van der Waals surface area contributed by atoms with Crippen LogP contribution in [0.4, 0.5) is 0 Å². The minimum absolute atomic E-state index is 0.306. The number of halogens is 1. The first-order valence-electron chi connectivity index (χ1n) is 5.28. The quantitative estimate of drug-likeness (QED) is 0.917. The Kier molecular flexibility index (Phi) is 3.43. The zero-order valence-corrected chi connectivity index (χ0v) is 11.3. The molecular weight excluding hydrogens is 270 g/mol.